The molecule has 1 saturated heterocycles. The Morgan fingerprint density at radius 2 is 2.28 bits per heavy atom. The fourth-order valence-corrected chi connectivity index (χ4v) is 4.65. The molecule has 0 spiro atoms. The smallest absolute Gasteiger partial charge is 0.240 e. The number of anilines is 1. The molecule has 1 fully saturated rings. The Hall–Kier alpha value is -0.720. The van der Waals surface area contributed by atoms with Crippen molar-refractivity contribution >= 4 is 27.5 Å². The molecule has 4 nitrogen and oxygen atoms in total. The molecule has 0 aromatic heterocycles. The van der Waals surface area contributed by atoms with Crippen molar-refractivity contribution in [2.45, 2.75) is 18.2 Å². The van der Waals surface area contributed by atoms with Crippen molar-refractivity contribution in [3.05, 3.63) is 23.8 Å². The van der Waals surface area contributed by atoms with E-state index in [1.807, 2.05) is 11.8 Å². The number of rotatable bonds is 4. The van der Waals surface area contributed by atoms with E-state index in [0.717, 1.165) is 17.9 Å². The number of thioether (sulfide) groups is 1. The molecule has 3 N–H and O–H groups in total. The molecule has 2 rings (SSSR count). The topological polar surface area (TPSA) is 72.2 Å². The molecule has 1 aromatic carbocycles. The monoisotopic (exact) mass is 286 g/mol. The molecule has 1 unspecified atom stereocenters. The summed E-state index contributed by atoms with van der Waals surface area (Å²) in [7, 11) is -3.41. The van der Waals surface area contributed by atoms with Crippen LogP contribution >= 0.6 is 11.8 Å². The van der Waals surface area contributed by atoms with Crippen molar-refractivity contribution in [1.82, 2.24) is 4.72 Å². The van der Waals surface area contributed by atoms with E-state index in [2.05, 4.69) is 4.72 Å². The minimum absolute atomic E-state index is 0.322. The molecular formula is C12H18N2O2S2. The lowest BCUT2D eigenvalue weighted by Crippen LogP contribution is -2.29. The fraction of sp³-hybridized carbons (Fsp3) is 0.500. The van der Waals surface area contributed by atoms with Crippen LogP contribution in [0.25, 0.3) is 0 Å². The molecule has 0 amide bonds. The van der Waals surface area contributed by atoms with Gasteiger partial charge < -0.3 is 5.73 Å². The Balaban J connectivity index is 2.09. The number of aryl methyl sites for hydroxylation is 1. The second kappa shape index (κ2) is 5.50. The van der Waals surface area contributed by atoms with Crippen molar-refractivity contribution in [1.29, 1.82) is 0 Å². The molecule has 1 aliphatic heterocycles. The van der Waals surface area contributed by atoms with E-state index in [0.29, 0.717) is 28.6 Å². The highest BCUT2D eigenvalue weighted by atomic mass is 32.2. The first-order valence-electron chi connectivity index (χ1n) is 5.92. The average molecular weight is 286 g/mol. The molecule has 0 radical (unpaired) electrons. The lowest BCUT2D eigenvalue weighted by molar-refractivity contribution is 0.545. The highest BCUT2D eigenvalue weighted by Gasteiger charge is 2.21. The zero-order chi connectivity index (χ0) is 13.2. The Morgan fingerprint density at radius 1 is 1.50 bits per heavy atom. The van der Waals surface area contributed by atoms with Gasteiger partial charge in [-0.25, -0.2) is 13.1 Å². The van der Waals surface area contributed by atoms with Gasteiger partial charge in [0.1, 0.15) is 0 Å². The minimum atomic E-state index is -3.41. The highest BCUT2D eigenvalue weighted by Crippen LogP contribution is 2.23. The summed E-state index contributed by atoms with van der Waals surface area (Å²) in [5, 5.41) is 0. The van der Waals surface area contributed by atoms with E-state index >= 15 is 0 Å². The van der Waals surface area contributed by atoms with Crippen molar-refractivity contribution < 1.29 is 8.42 Å². The number of hydrogen-bond acceptors (Lipinski definition) is 4. The summed E-state index contributed by atoms with van der Waals surface area (Å²) in [6, 6.07) is 4.86. The summed E-state index contributed by atoms with van der Waals surface area (Å²) in [4.78, 5) is 0.322. The van der Waals surface area contributed by atoms with Crippen molar-refractivity contribution in [3.63, 3.8) is 0 Å². The Bertz CT molecular complexity index is 523. The van der Waals surface area contributed by atoms with Crippen LogP contribution in [0.2, 0.25) is 0 Å². The van der Waals surface area contributed by atoms with Crippen LogP contribution in [-0.2, 0) is 10.0 Å². The van der Waals surface area contributed by atoms with Crippen LogP contribution in [0.15, 0.2) is 23.1 Å². The van der Waals surface area contributed by atoms with Gasteiger partial charge in [0.05, 0.1) is 4.90 Å². The molecule has 100 valence electrons. The molecule has 18 heavy (non-hydrogen) atoms. The third kappa shape index (κ3) is 3.18. The van der Waals surface area contributed by atoms with Crippen molar-refractivity contribution in [3.8, 4) is 0 Å². The minimum Gasteiger partial charge on any atom is -0.399 e. The number of nitrogen functional groups attached to an aromatic ring is 1. The standard InChI is InChI=1S/C12H18N2O2S2/c1-9-6-11(13)2-3-12(9)18(15,16)14-7-10-4-5-17-8-10/h2-3,6,10,14H,4-5,7-8,13H2,1H3. The first kappa shape index (κ1) is 13.7. The maximum Gasteiger partial charge on any atom is 0.240 e. The first-order chi connectivity index (χ1) is 8.49. The molecule has 1 aliphatic rings. The van der Waals surface area contributed by atoms with Crippen molar-refractivity contribution in [2.75, 3.05) is 23.8 Å². The van der Waals surface area contributed by atoms with Gasteiger partial charge in [-0.2, -0.15) is 11.8 Å². The van der Waals surface area contributed by atoms with Gasteiger partial charge >= 0.3 is 0 Å². The maximum absolute atomic E-state index is 12.2. The molecule has 0 bridgehead atoms. The van der Waals surface area contributed by atoms with E-state index in [-0.39, 0.29) is 0 Å². The Kier molecular flexibility index (Phi) is 4.19. The molecule has 0 aliphatic carbocycles. The third-order valence-electron chi connectivity index (χ3n) is 3.07. The summed E-state index contributed by atoms with van der Waals surface area (Å²) in [5.74, 6) is 2.63. The highest BCUT2D eigenvalue weighted by molar-refractivity contribution is 7.99. The second-order valence-electron chi connectivity index (χ2n) is 4.61. The molecule has 1 heterocycles. The summed E-state index contributed by atoms with van der Waals surface area (Å²) in [6.45, 7) is 2.29. The van der Waals surface area contributed by atoms with Crippen LogP contribution in [0.5, 0.6) is 0 Å². The van der Waals surface area contributed by atoms with Gasteiger partial charge in [0.2, 0.25) is 10.0 Å². The van der Waals surface area contributed by atoms with Crippen LogP contribution in [0.1, 0.15) is 12.0 Å². The van der Waals surface area contributed by atoms with Gasteiger partial charge in [-0.05, 0) is 54.5 Å². The van der Waals surface area contributed by atoms with Crippen LogP contribution in [-0.4, -0.2) is 26.5 Å². The molecular weight excluding hydrogens is 268 g/mol. The van der Waals surface area contributed by atoms with Crippen LogP contribution < -0.4 is 10.5 Å². The quantitative estimate of drug-likeness (QED) is 0.825. The summed E-state index contributed by atoms with van der Waals surface area (Å²) < 4.78 is 27.0. The second-order valence-corrected chi connectivity index (χ2v) is 7.49. The van der Waals surface area contributed by atoms with Crippen LogP contribution in [0, 0.1) is 12.8 Å². The number of sulfonamides is 1. The number of hydrogen-bond donors (Lipinski definition) is 2. The Labute approximate surface area is 112 Å². The molecule has 0 saturated carbocycles. The first-order valence-corrected chi connectivity index (χ1v) is 8.56. The summed E-state index contributed by atoms with van der Waals surface area (Å²) >= 11 is 1.88. The normalized spacial score (nSPS) is 20.2. The van der Waals surface area contributed by atoms with E-state index in [1.165, 1.54) is 0 Å². The summed E-state index contributed by atoms with van der Waals surface area (Å²) in [5.41, 5.74) is 6.89. The van der Waals surface area contributed by atoms with Gasteiger partial charge in [0.15, 0.2) is 0 Å². The summed E-state index contributed by atoms with van der Waals surface area (Å²) in [6.07, 6.45) is 1.09. The lowest BCUT2D eigenvalue weighted by atomic mass is 10.1. The van der Waals surface area contributed by atoms with Crippen molar-refractivity contribution in [2.24, 2.45) is 5.92 Å². The zero-order valence-corrected chi connectivity index (χ0v) is 12.0. The van der Waals surface area contributed by atoms with E-state index < -0.39 is 10.0 Å². The predicted octanol–water partition coefficient (Wildman–Crippen LogP) is 1.61. The lowest BCUT2D eigenvalue weighted by Gasteiger charge is -2.12. The zero-order valence-electron chi connectivity index (χ0n) is 10.3. The number of benzene rings is 1. The van der Waals surface area contributed by atoms with Gasteiger partial charge in [0.25, 0.3) is 0 Å². The van der Waals surface area contributed by atoms with Gasteiger partial charge in [-0.3, -0.25) is 0 Å². The van der Waals surface area contributed by atoms with Gasteiger partial charge in [0, 0.05) is 12.2 Å². The van der Waals surface area contributed by atoms with E-state index in [9.17, 15) is 8.42 Å². The molecule has 6 heteroatoms. The van der Waals surface area contributed by atoms with Crippen LogP contribution in [0.4, 0.5) is 5.69 Å². The van der Waals surface area contributed by atoms with E-state index in [1.54, 1.807) is 25.1 Å². The SMILES string of the molecule is Cc1cc(N)ccc1S(=O)(=O)NCC1CCSC1. The molecule has 1 aromatic rings. The largest absolute Gasteiger partial charge is 0.399 e. The van der Waals surface area contributed by atoms with Gasteiger partial charge in [-0.15, -0.1) is 0 Å². The third-order valence-corrected chi connectivity index (χ3v) is 5.89. The molecule has 1 atom stereocenters. The number of nitrogens with two attached hydrogens (primary N) is 1. The van der Waals surface area contributed by atoms with Crippen LogP contribution in [0.3, 0.4) is 0 Å². The maximum atomic E-state index is 12.2. The van der Waals surface area contributed by atoms with E-state index in [4.69, 9.17) is 5.73 Å². The predicted molar refractivity (Wildman–Crippen MR) is 76.2 cm³/mol. The fourth-order valence-electron chi connectivity index (χ4n) is 2.02. The average Bonchev–Trinajstić information content (AvgIpc) is 2.78. The van der Waals surface area contributed by atoms with Gasteiger partial charge in [-0.1, -0.05) is 0 Å². The Morgan fingerprint density at radius 3 is 2.89 bits per heavy atom. The number of nitrogens with one attached hydrogen (secondary N) is 1.